The average Bonchev–Trinajstić information content (AvgIpc) is 3.45. The van der Waals surface area contributed by atoms with Crippen molar-refractivity contribution in [2.75, 3.05) is 18.4 Å². The first-order chi connectivity index (χ1) is 17.2. The molecule has 0 bridgehead atoms. The number of nitrogens with one attached hydrogen (secondary N) is 2. The summed E-state index contributed by atoms with van der Waals surface area (Å²) in [6.07, 6.45) is 5.33. The highest BCUT2D eigenvalue weighted by atomic mass is 16.6. The standard InChI is InChI=1S/C25H31N9O2/c1-15-12-27-23(28-17-7-6-10-34(14-17)24(35)36-25(2,3)4)29-21(15)19-13-26-20-11-16(8-9-18(19)20)22-30-31-32-33(22)5/h8-9,11-13,17,26H,6-7,10,14H2,1-5H3,(H,27,28,29)/t17-/m0/s1. The molecule has 11 nitrogen and oxygen atoms in total. The lowest BCUT2D eigenvalue weighted by Crippen LogP contribution is -2.47. The van der Waals surface area contributed by atoms with Gasteiger partial charge in [0.2, 0.25) is 5.95 Å². The molecule has 0 radical (unpaired) electrons. The van der Waals surface area contributed by atoms with Crippen molar-refractivity contribution < 1.29 is 9.53 Å². The molecule has 1 atom stereocenters. The van der Waals surface area contributed by atoms with Crippen molar-refractivity contribution in [3.63, 3.8) is 0 Å². The van der Waals surface area contributed by atoms with Gasteiger partial charge in [-0.15, -0.1) is 5.10 Å². The molecule has 0 saturated carbocycles. The van der Waals surface area contributed by atoms with Crippen molar-refractivity contribution >= 4 is 22.9 Å². The molecule has 1 aliphatic rings. The summed E-state index contributed by atoms with van der Waals surface area (Å²) in [5, 5.41) is 16.2. The van der Waals surface area contributed by atoms with E-state index in [9.17, 15) is 4.79 Å². The summed E-state index contributed by atoms with van der Waals surface area (Å²) in [7, 11) is 1.82. The summed E-state index contributed by atoms with van der Waals surface area (Å²) in [6.45, 7) is 8.88. The first kappa shape index (κ1) is 23.7. The molecule has 1 saturated heterocycles. The topological polar surface area (TPSA) is 127 Å². The van der Waals surface area contributed by atoms with Gasteiger partial charge in [0, 0.05) is 60.6 Å². The minimum Gasteiger partial charge on any atom is -0.444 e. The Morgan fingerprint density at radius 1 is 1.28 bits per heavy atom. The first-order valence-electron chi connectivity index (χ1n) is 12.1. The number of rotatable bonds is 4. The van der Waals surface area contributed by atoms with Crippen molar-refractivity contribution in [3.05, 3.63) is 36.2 Å². The van der Waals surface area contributed by atoms with Gasteiger partial charge in [-0.05, 0) is 62.6 Å². The van der Waals surface area contributed by atoms with Crippen LogP contribution in [0.3, 0.4) is 0 Å². The van der Waals surface area contributed by atoms with Crippen LogP contribution < -0.4 is 5.32 Å². The third-order valence-electron chi connectivity index (χ3n) is 6.19. The normalized spacial score (nSPS) is 16.4. The number of benzene rings is 1. The number of amides is 1. The number of aryl methyl sites for hydroxylation is 2. The molecule has 1 amide bonds. The van der Waals surface area contributed by atoms with Crippen molar-refractivity contribution in [2.24, 2.45) is 7.05 Å². The van der Waals surface area contributed by atoms with Gasteiger partial charge >= 0.3 is 6.09 Å². The van der Waals surface area contributed by atoms with E-state index in [0.717, 1.165) is 46.1 Å². The third-order valence-corrected chi connectivity index (χ3v) is 6.19. The Balaban J connectivity index is 1.36. The van der Waals surface area contributed by atoms with Gasteiger partial charge in [-0.25, -0.2) is 19.4 Å². The van der Waals surface area contributed by atoms with Crippen LogP contribution in [0.2, 0.25) is 0 Å². The molecule has 0 unspecified atom stereocenters. The van der Waals surface area contributed by atoms with Crippen LogP contribution in [0.5, 0.6) is 0 Å². The van der Waals surface area contributed by atoms with E-state index in [1.807, 2.05) is 59.3 Å². The number of nitrogens with zero attached hydrogens (tertiary/aromatic N) is 7. The van der Waals surface area contributed by atoms with E-state index in [1.54, 1.807) is 9.58 Å². The second-order valence-corrected chi connectivity index (χ2v) is 10.2. The quantitative estimate of drug-likeness (QED) is 0.441. The van der Waals surface area contributed by atoms with E-state index < -0.39 is 5.60 Å². The summed E-state index contributed by atoms with van der Waals surface area (Å²) >= 11 is 0. The molecule has 0 spiro atoms. The zero-order valence-electron chi connectivity index (χ0n) is 21.2. The van der Waals surface area contributed by atoms with E-state index in [2.05, 4.69) is 36.9 Å². The molecule has 4 heterocycles. The highest BCUT2D eigenvalue weighted by Crippen LogP contribution is 2.32. The van der Waals surface area contributed by atoms with Crippen LogP contribution in [0, 0.1) is 6.92 Å². The summed E-state index contributed by atoms with van der Waals surface area (Å²) < 4.78 is 7.20. The number of ether oxygens (including phenoxy) is 1. The number of likely N-dealkylation sites (tertiary alicyclic amines) is 1. The van der Waals surface area contributed by atoms with Crippen molar-refractivity contribution in [1.29, 1.82) is 0 Å². The number of aromatic nitrogens is 7. The maximum Gasteiger partial charge on any atom is 0.410 e. The maximum atomic E-state index is 12.5. The lowest BCUT2D eigenvalue weighted by Gasteiger charge is -2.34. The van der Waals surface area contributed by atoms with Gasteiger partial charge in [-0.1, -0.05) is 12.1 Å². The number of tetrazole rings is 1. The number of fused-ring (bicyclic) bond motifs is 1. The van der Waals surface area contributed by atoms with Gasteiger partial charge in [0.25, 0.3) is 0 Å². The van der Waals surface area contributed by atoms with Gasteiger partial charge in [0.1, 0.15) is 5.60 Å². The molecular formula is C25H31N9O2. The molecule has 36 heavy (non-hydrogen) atoms. The summed E-state index contributed by atoms with van der Waals surface area (Å²) in [4.78, 5) is 27.0. The second kappa shape index (κ2) is 9.21. The number of hydrogen-bond acceptors (Lipinski definition) is 8. The van der Waals surface area contributed by atoms with E-state index >= 15 is 0 Å². The van der Waals surface area contributed by atoms with Crippen molar-refractivity contribution in [2.45, 2.75) is 52.2 Å². The Hall–Kier alpha value is -4.02. The molecule has 11 heteroatoms. The monoisotopic (exact) mass is 489 g/mol. The number of hydrogen-bond donors (Lipinski definition) is 2. The summed E-state index contributed by atoms with van der Waals surface area (Å²) in [5.41, 5.74) is 4.20. The predicted molar refractivity (Wildman–Crippen MR) is 136 cm³/mol. The van der Waals surface area contributed by atoms with E-state index in [4.69, 9.17) is 9.72 Å². The van der Waals surface area contributed by atoms with E-state index in [0.29, 0.717) is 24.9 Å². The Morgan fingerprint density at radius 2 is 2.11 bits per heavy atom. The van der Waals surface area contributed by atoms with Crippen LogP contribution in [0.4, 0.5) is 10.7 Å². The van der Waals surface area contributed by atoms with Crippen LogP contribution >= 0.6 is 0 Å². The zero-order chi connectivity index (χ0) is 25.4. The Bertz CT molecular complexity index is 1400. The number of aromatic amines is 1. The Kier molecular flexibility index (Phi) is 6.07. The molecule has 5 rings (SSSR count). The number of anilines is 1. The lowest BCUT2D eigenvalue weighted by atomic mass is 10.0. The molecule has 1 aliphatic heterocycles. The maximum absolute atomic E-state index is 12.5. The molecule has 0 aliphatic carbocycles. The van der Waals surface area contributed by atoms with Crippen LogP contribution in [0.25, 0.3) is 33.5 Å². The predicted octanol–water partition coefficient (Wildman–Crippen LogP) is 3.94. The third kappa shape index (κ3) is 4.86. The van der Waals surface area contributed by atoms with Crippen LogP contribution in [0.1, 0.15) is 39.2 Å². The fourth-order valence-corrected chi connectivity index (χ4v) is 4.49. The van der Waals surface area contributed by atoms with E-state index in [-0.39, 0.29) is 12.1 Å². The fraction of sp³-hybridized carbons (Fsp3) is 0.440. The largest absolute Gasteiger partial charge is 0.444 e. The molecule has 2 N–H and O–H groups in total. The van der Waals surface area contributed by atoms with Gasteiger partial charge < -0.3 is 19.9 Å². The first-order valence-corrected chi connectivity index (χ1v) is 12.1. The number of piperidine rings is 1. The minimum atomic E-state index is -0.516. The molecular weight excluding hydrogens is 458 g/mol. The number of carbonyl (C=O) groups excluding carboxylic acids is 1. The molecule has 1 aromatic carbocycles. The van der Waals surface area contributed by atoms with Gasteiger partial charge in [0.05, 0.1) is 5.69 Å². The molecule has 3 aromatic heterocycles. The van der Waals surface area contributed by atoms with Gasteiger partial charge in [-0.3, -0.25) is 0 Å². The number of carbonyl (C=O) groups is 1. The highest BCUT2D eigenvalue weighted by Gasteiger charge is 2.28. The van der Waals surface area contributed by atoms with Crippen molar-refractivity contribution in [1.82, 2.24) is 40.1 Å². The van der Waals surface area contributed by atoms with Crippen molar-refractivity contribution in [3.8, 4) is 22.6 Å². The highest BCUT2D eigenvalue weighted by molar-refractivity contribution is 5.97. The average molecular weight is 490 g/mol. The molecule has 188 valence electrons. The van der Waals surface area contributed by atoms with Crippen LogP contribution in [0.15, 0.2) is 30.6 Å². The lowest BCUT2D eigenvalue weighted by molar-refractivity contribution is 0.0206. The minimum absolute atomic E-state index is 0.0485. The molecule has 4 aromatic rings. The second-order valence-electron chi connectivity index (χ2n) is 10.2. The summed E-state index contributed by atoms with van der Waals surface area (Å²) in [6, 6.07) is 6.15. The van der Waals surface area contributed by atoms with Crippen LogP contribution in [-0.2, 0) is 11.8 Å². The Labute approximate surface area is 209 Å². The molecule has 1 fully saturated rings. The SMILES string of the molecule is Cc1cnc(N[C@H]2CCCN(C(=O)OC(C)(C)C)C2)nc1-c1c[nH]c2cc(-c3nnnn3C)ccc12. The zero-order valence-corrected chi connectivity index (χ0v) is 21.2. The Morgan fingerprint density at radius 3 is 2.86 bits per heavy atom. The summed E-state index contributed by atoms with van der Waals surface area (Å²) in [5.74, 6) is 1.24. The fourth-order valence-electron chi connectivity index (χ4n) is 4.49. The number of H-pyrrole nitrogens is 1. The van der Waals surface area contributed by atoms with Gasteiger partial charge in [-0.2, -0.15) is 0 Å². The van der Waals surface area contributed by atoms with E-state index in [1.165, 1.54) is 0 Å². The van der Waals surface area contributed by atoms with Gasteiger partial charge in [0.15, 0.2) is 5.82 Å². The van der Waals surface area contributed by atoms with Crippen LogP contribution in [-0.4, -0.2) is 70.9 Å². The smallest absolute Gasteiger partial charge is 0.410 e.